The van der Waals surface area contributed by atoms with E-state index in [0.29, 0.717) is 46.2 Å². The fourth-order valence-electron chi connectivity index (χ4n) is 7.07. The van der Waals surface area contributed by atoms with Crippen molar-refractivity contribution in [2.24, 2.45) is 0 Å². The topological polar surface area (TPSA) is 106 Å². The lowest BCUT2D eigenvalue weighted by Gasteiger charge is -2.22. The molecule has 7 aromatic carbocycles. The van der Waals surface area contributed by atoms with Crippen molar-refractivity contribution in [1.82, 2.24) is 19.9 Å². The Morgan fingerprint density at radius 1 is 0.456 bits per heavy atom. The fourth-order valence-corrected chi connectivity index (χ4v) is 7.07. The number of fused-ring (bicyclic) bond motifs is 3. The number of aromatic nitrogens is 4. The number of pyridine rings is 1. The number of rotatable bonds is 8. The Labute approximate surface area is 328 Å². The molecule has 3 heterocycles. The van der Waals surface area contributed by atoms with Gasteiger partial charge in [0.25, 0.3) is 0 Å². The molecule has 0 fully saturated rings. The van der Waals surface area contributed by atoms with Gasteiger partial charge in [0.2, 0.25) is 0 Å². The molecule has 9 aromatic rings. The van der Waals surface area contributed by atoms with Crippen molar-refractivity contribution in [2.75, 3.05) is 5.32 Å². The van der Waals surface area contributed by atoms with E-state index in [4.69, 9.17) is 24.4 Å². The number of hydrogen-bond donors (Lipinski definition) is 2. The summed E-state index contributed by atoms with van der Waals surface area (Å²) in [6.45, 7) is 0. The number of benzene rings is 7. The highest BCUT2D eigenvalue weighted by atomic mass is 16.6. The van der Waals surface area contributed by atoms with Crippen molar-refractivity contribution in [3.05, 3.63) is 193 Å². The van der Waals surface area contributed by atoms with Gasteiger partial charge in [0, 0.05) is 51.6 Å². The second-order valence-corrected chi connectivity index (χ2v) is 13.6. The van der Waals surface area contributed by atoms with Gasteiger partial charge in [0.05, 0.1) is 5.71 Å². The van der Waals surface area contributed by atoms with Crippen LogP contribution in [0.3, 0.4) is 0 Å². The summed E-state index contributed by atoms with van der Waals surface area (Å²) in [4.78, 5) is 18.8. The van der Waals surface area contributed by atoms with E-state index < -0.39 is 0 Å². The molecule has 8 nitrogen and oxygen atoms in total. The molecule has 0 saturated carbocycles. The Hall–Kier alpha value is -7.97. The molecule has 0 amide bonds. The zero-order valence-corrected chi connectivity index (χ0v) is 30.4. The lowest BCUT2D eigenvalue weighted by atomic mass is 9.93. The predicted octanol–water partition coefficient (Wildman–Crippen LogP) is 12.1. The predicted molar refractivity (Wildman–Crippen MR) is 226 cm³/mol. The third-order valence-corrected chi connectivity index (χ3v) is 9.91. The minimum Gasteiger partial charge on any atom is -0.450 e. The van der Waals surface area contributed by atoms with Crippen molar-refractivity contribution in [1.29, 1.82) is 5.41 Å². The summed E-state index contributed by atoms with van der Waals surface area (Å²) in [7, 11) is 0. The molecule has 0 aliphatic carbocycles. The van der Waals surface area contributed by atoms with Gasteiger partial charge in [-0.2, -0.15) is 0 Å². The minimum absolute atomic E-state index is 0.411. The first-order valence-electron chi connectivity index (χ1n) is 18.5. The van der Waals surface area contributed by atoms with Gasteiger partial charge < -0.3 is 14.8 Å². The Bertz CT molecular complexity index is 2900. The normalized spacial score (nSPS) is 11.5. The SMILES string of the molecule is N=C(c1cccc(-c2ccc3c(c2)Oc2cc(-c4nc(-c5ccccc5)nc(-c5ccccc5)n4)ccc2O3)c1)c1c(Nc2ccncc2)ccc2ccccc12. The van der Waals surface area contributed by atoms with Gasteiger partial charge in [-0.15, -0.1) is 0 Å². The second-order valence-electron chi connectivity index (χ2n) is 13.6. The van der Waals surface area contributed by atoms with Crippen molar-refractivity contribution in [3.63, 3.8) is 0 Å². The van der Waals surface area contributed by atoms with E-state index >= 15 is 0 Å². The van der Waals surface area contributed by atoms with Crippen LogP contribution in [0.25, 0.3) is 56.1 Å². The highest BCUT2D eigenvalue weighted by Gasteiger charge is 2.22. The van der Waals surface area contributed by atoms with Crippen LogP contribution in [0.15, 0.2) is 182 Å². The molecule has 0 unspecified atom stereocenters. The van der Waals surface area contributed by atoms with E-state index in [1.165, 1.54) is 0 Å². The Balaban J connectivity index is 0.973. The minimum atomic E-state index is 0.411. The number of nitrogens with zero attached hydrogens (tertiary/aromatic N) is 4. The quantitative estimate of drug-likeness (QED) is 0.150. The fraction of sp³-hybridized carbons (Fsp3) is 0. The lowest BCUT2D eigenvalue weighted by Crippen LogP contribution is -2.07. The van der Waals surface area contributed by atoms with Gasteiger partial charge in [0.15, 0.2) is 40.5 Å². The largest absolute Gasteiger partial charge is 0.450 e. The van der Waals surface area contributed by atoms with Crippen LogP contribution in [0, 0.1) is 5.41 Å². The van der Waals surface area contributed by atoms with E-state index in [1.54, 1.807) is 12.4 Å². The first kappa shape index (κ1) is 33.6. The summed E-state index contributed by atoms with van der Waals surface area (Å²) in [6, 6.07) is 55.6. The summed E-state index contributed by atoms with van der Waals surface area (Å²) >= 11 is 0. The van der Waals surface area contributed by atoms with E-state index in [0.717, 1.165) is 61.1 Å². The van der Waals surface area contributed by atoms with Crippen molar-refractivity contribution in [3.8, 4) is 68.3 Å². The average molecular weight is 737 g/mol. The summed E-state index contributed by atoms with van der Waals surface area (Å²) in [5.74, 6) is 4.05. The lowest BCUT2D eigenvalue weighted by molar-refractivity contribution is 0.360. The van der Waals surface area contributed by atoms with E-state index in [1.807, 2.05) is 152 Å². The van der Waals surface area contributed by atoms with Crippen LogP contribution in [-0.2, 0) is 0 Å². The molecule has 2 aromatic heterocycles. The molecule has 0 atom stereocenters. The van der Waals surface area contributed by atoms with Gasteiger partial charge in [-0.1, -0.05) is 115 Å². The molecule has 1 aliphatic heterocycles. The van der Waals surface area contributed by atoms with Crippen molar-refractivity contribution in [2.45, 2.75) is 0 Å². The molecule has 10 rings (SSSR count). The Kier molecular flexibility index (Phi) is 8.46. The molecular formula is C49H32N6O2. The zero-order chi connectivity index (χ0) is 38.1. The van der Waals surface area contributed by atoms with E-state index in [-0.39, 0.29) is 0 Å². The van der Waals surface area contributed by atoms with Crippen LogP contribution in [0.4, 0.5) is 11.4 Å². The van der Waals surface area contributed by atoms with Crippen LogP contribution < -0.4 is 14.8 Å². The first-order valence-corrected chi connectivity index (χ1v) is 18.5. The molecule has 1 aliphatic rings. The number of ether oxygens (including phenoxy) is 2. The van der Waals surface area contributed by atoms with Crippen LogP contribution in [0.5, 0.6) is 23.0 Å². The number of nitrogens with one attached hydrogen (secondary N) is 2. The summed E-state index contributed by atoms with van der Waals surface area (Å²) in [6.07, 6.45) is 3.50. The first-order chi connectivity index (χ1) is 28.1. The zero-order valence-electron chi connectivity index (χ0n) is 30.4. The maximum atomic E-state index is 9.56. The van der Waals surface area contributed by atoms with Gasteiger partial charge in [-0.05, 0) is 76.5 Å². The highest BCUT2D eigenvalue weighted by molar-refractivity contribution is 6.21. The van der Waals surface area contributed by atoms with Gasteiger partial charge >= 0.3 is 0 Å². The molecule has 8 heteroatoms. The molecule has 0 saturated heterocycles. The standard InChI is InChI=1S/C49H32N6O2/c50-46(45-39-17-8-7-10-31(39)18-21-40(45)52-38-24-26-51-27-25-38)36-16-9-15-34(28-36)35-19-22-41-43(29-35)57-44-30-37(20-23-42(44)56-41)49-54-47(32-11-3-1-4-12-32)53-48(55-49)33-13-5-2-6-14-33/h1-30,50H,(H,51,52). The molecule has 270 valence electrons. The maximum absolute atomic E-state index is 9.56. The molecule has 57 heavy (non-hydrogen) atoms. The summed E-state index contributed by atoms with van der Waals surface area (Å²) in [5, 5.41) is 15.1. The average Bonchev–Trinajstić information content (AvgIpc) is 3.28. The Morgan fingerprint density at radius 2 is 1.02 bits per heavy atom. The highest BCUT2D eigenvalue weighted by Crippen LogP contribution is 2.48. The maximum Gasteiger partial charge on any atom is 0.170 e. The summed E-state index contributed by atoms with van der Waals surface area (Å²) < 4.78 is 12.9. The van der Waals surface area contributed by atoms with Crippen LogP contribution >= 0.6 is 0 Å². The van der Waals surface area contributed by atoms with Crippen LogP contribution in [0.2, 0.25) is 0 Å². The van der Waals surface area contributed by atoms with Crippen LogP contribution in [0.1, 0.15) is 11.1 Å². The summed E-state index contributed by atoms with van der Waals surface area (Å²) in [5.41, 5.74) is 8.20. The molecule has 0 radical (unpaired) electrons. The van der Waals surface area contributed by atoms with Gasteiger partial charge in [-0.3, -0.25) is 10.4 Å². The third kappa shape index (κ3) is 6.62. The van der Waals surface area contributed by atoms with Gasteiger partial charge in [0.1, 0.15) is 0 Å². The third-order valence-electron chi connectivity index (χ3n) is 9.91. The molecule has 0 bridgehead atoms. The molecular weight excluding hydrogens is 705 g/mol. The van der Waals surface area contributed by atoms with E-state index in [2.05, 4.69) is 28.5 Å². The smallest absolute Gasteiger partial charge is 0.170 e. The second kappa shape index (κ2) is 14.4. The Morgan fingerprint density at radius 3 is 1.72 bits per heavy atom. The van der Waals surface area contributed by atoms with Gasteiger partial charge in [-0.25, -0.2) is 15.0 Å². The number of hydrogen-bond acceptors (Lipinski definition) is 8. The van der Waals surface area contributed by atoms with E-state index in [9.17, 15) is 5.41 Å². The number of anilines is 2. The van der Waals surface area contributed by atoms with Crippen molar-refractivity contribution < 1.29 is 9.47 Å². The monoisotopic (exact) mass is 736 g/mol. The van der Waals surface area contributed by atoms with Crippen molar-refractivity contribution >= 4 is 27.9 Å². The van der Waals surface area contributed by atoms with Crippen LogP contribution in [-0.4, -0.2) is 25.6 Å². The molecule has 0 spiro atoms. The molecule has 2 N–H and O–H groups in total.